The molecule has 1 aromatic carbocycles. The highest BCUT2D eigenvalue weighted by atomic mass is 32.2. The van der Waals surface area contributed by atoms with Crippen LogP contribution in [0.1, 0.15) is 6.92 Å². The second-order valence-electron chi connectivity index (χ2n) is 3.70. The van der Waals surface area contributed by atoms with E-state index >= 15 is 0 Å². The number of nitrogens with one attached hydrogen (secondary N) is 1. The van der Waals surface area contributed by atoms with Crippen LogP contribution in [0.5, 0.6) is 0 Å². The Balaban J connectivity index is 2.23. The van der Waals surface area contributed by atoms with Gasteiger partial charge in [-0.15, -0.1) is 0 Å². The lowest BCUT2D eigenvalue weighted by Crippen LogP contribution is -2.13. The summed E-state index contributed by atoms with van der Waals surface area (Å²) in [5.74, 6) is 0. The zero-order valence-corrected chi connectivity index (χ0v) is 10.3. The molecule has 0 radical (unpaired) electrons. The maximum atomic E-state index is 4.09. The second kappa shape index (κ2) is 5.16. The maximum Gasteiger partial charge on any atom is 0.0950 e. The van der Waals surface area contributed by atoms with Gasteiger partial charge in [0.05, 0.1) is 17.4 Å². The normalized spacial score (nSPS) is 12.6. The summed E-state index contributed by atoms with van der Waals surface area (Å²) < 4.78 is 0. The molecular weight excluding hydrogens is 218 g/mol. The Labute approximate surface area is 99.7 Å². The second-order valence-corrected chi connectivity index (χ2v) is 4.98. The minimum absolute atomic E-state index is 0.590. The first-order valence-electron chi connectivity index (χ1n) is 5.28. The number of hydrogen-bond acceptors (Lipinski definition) is 4. The number of fused-ring (bicyclic) bond motifs is 1. The molecule has 1 unspecified atom stereocenters. The molecule has 2 aromatic rings. The van der Waals surface area contributed by atoms with E-state index in [2.05, 4.69) is 34.8 Å². The van der Waals surface area contributed by atoms with Gasteiger partial charge in [-0.25, -0.2) is 0 Å². The largest absolute Gasteiger partial charge is 0.382 e. The highest BCUT2D eigenvalue weighted by Gasteiger charge is 2.03. The Hall–Kier alpha value is -1.29. The van der Waals surface area contributed by atoms with Crippen LogP contribution in [0, 0.1) is 0 Å². The molecule has 0 amide bonds. The van der Waals surface area contributed by atoms with Crippen molar-refractivity contribution in [3.63, 3.8) is 0 Å². The molecule has 16 heavy (non-hydrogen) atoms. The number of hydrogen-bond donors (Lipinski definition) is 1. The van der Waals surface area contributed by atoms with Crippen molar-refractivity contribution in [3.8, 4) is 0 Å². The van der Waals surface area contributed by atoms with Gasteiger partial charge in [0, 0.05) is 17.2 Å². The quantitative estimate of drug-likeness (QED) is 0.881. The van der Waals surface area contributed by atoms with Crippen molar-refractivity contribution in [3.05, 3.63) is 30.5 Å². The monoisotopic (exact) mass is 233 g/mol. The minimum Gasteiger partial charge on any atom is -0.382 e. The Morgan fingerprint density at radius 1 is 1.38 bits per heavy atom. The third-order valence-electron chi connectivity index (χ3n) is 2.53. The molecular formula is C12H15N3S. The molecule has 0 saturated heterocycles. The smallest absolute Gasteiger partial charge is 0.0950 e. The molecule has 0 aliphatic heterocycles. The summed E-state index contributed by atoms with van der Waals surface area (Å²) in [5.41, 5.74) is 2.00. The Bertz CT molecular complexity index is 467. The van der Waals surface area contributed by atoms with Crippen LogP contribution in [-0.2, 0) is 0 Å². The zero-order chi connectivity index (χ0) is 11.4. The van der Waals surface area contributed by atoms with Crippen LogP contribution in [0.15, 0.2) is 30.5 Å². The molecule has 0 aliphatic carbocycles. The SMILES string of the molecule is CSC(C)CNc1cnnc2ccccc12. The first-order chi connectivity index (χ1) is 7.81. The Morgan fingerprint density at radius 3 is 3.00 bits per heavy atom. The van der Waals surface area contributed by atoms with Gasteiger partial charge in [0.25, 0.3) is 0 Å². The molecule has 84 valence electrons. The van der Waals surface area contributed by atoms with Crippen molar-refractivity contribution in [1.82, 2.24) is 10.2 Å². The first-order valence-corrected chi connectivity index (χ1v) is 6.57. The van der Waals surface area contributed by atoms with Crippen LogP contribution in [0.2, 0.25) is 0 Å². The van der Waals surface area contributed by atoms with Gasteiger partial charge in [0.1, 0.15) is 0 Å². The molecule has 2 rings (SSSR count). The van der Waals surface area contributed by atoms with E-state index in [-0.39, 0.29) is 0 Å². The lowest BCUT2D eigenvalue weighted by atomic mass is 10.2. The molecule has 1 aromatic heterocycles. The lowest BCUT2D eigenvalue weighted by molar-refractivity contribution is 0.995. The Kier molecular flexibility index (Phi) is 3.62. The van der Waals surface area contributed by atoms with Gasteiger partial charge >= 0.3 is 0 Å². The van der Waals surface area contributed by atoms with Crippen LogP contribution in [0.25, 0.3) is 10.9 Å². The zero-order valence-electron chi connectivity index (χ0n) is 9.47. The van der Waals surface area contributed by atoms with Gasteiger partial charge < -0.3 is 5.32 Å². The van der Waals surface area contributed by atoms with E-state index in [0.29, 0.717) is 5.25 Å². The average molecular weight is 233 g/mol. The fourth-order valence-corrected chi connectivity index (χ4v) is 1.73. The fraction of sp³-hybridized carbons (Fsp3) is 0.333. The van der Waals surface area contributed by atoms with Crippen molar-refractivity contribution in [2.24, 2.45) is 0 Å². The molecule has 4 heteroatoms. The van der Waals surface area contributed by atoms with E-state index in [1.54, 1.807) is 6.20 Å². The third kappa shape index (κ3) is 2.44. The van der Waals surface area contributed by atoms with Crippen LogP contribution in [-0.4, -0.2) is 28.2 Å². The highest BCUT2D eigenvalue weighted by molar-refractivity contribution is 7.99. The van der Waals surface area contributed by atoms with E-state index in [1.165, 1.54) is 0 Å². The van der Waals surface area contributed by atoms with Crippen molar-refractivity contribution >= 4 is 28.4 Å². The lowest BCUT2D eigenvalue weighted by Gasteiger charge is -2.12. The summed E-state index contributed by atoms with van der Waals surface area (Å²) in [7, 11) is 0. The van der Waals surface area contributed by atoms with E-state index in [1.807, 2.05) is 30.0 Å². The summed E-state index contributed by atoms with van der Waals surface area (Å²) in [6, 6.07) is 8.04. The predicted octanol–water partition coefficient (Wildman–Crippen LogP) is 2.79. The number of nitrogens with zero attached hydrogens (tertiary/aromatic N) is 2. The van der Waals surface area contributed by atoms with Gasteiger partial charge in [-0.05, 0) is 12.3 Å². The summed E-state index contributed by atoms with van der Waals surface area (Å²) >= 11 is 1.85. The molecule has 0 fully saturated rings. The maximum absolute atomic E-state index is 4.09. The standard InChI is InChI=1S/C12H15N3S/c1-9(16-2)7-13-12-8-14-15-11-6-4-3-5-10(11)12/h3-6,8-9H,7H2,1-2H3,(H,13,15). The van der Waals surface area contributed by atoms with Gasteiger partial charge in [0.2, 0.25) is 0 Å². The van der Waals surface area contributed by atoms with Crippen molar-refractivity contribution in [2.75, 3.05) is 18.1 Å². The van der Waals surface area contributed by atoms with Crippen LogP contribution < -0.4 is 5.32 Å². The average Bonchev–Trinajstić information content (AvgIpc) is 2.35. The number of anilines is 1. The van der Waals surface area contributed by atoms with Crippen LogP contribution in [0.4, 0.5) is 5.69 Å². The number of rotatable bonds is 4. The van der Waals surface area contributed by atoms with Gasteiger partial charge in [-0.1, -0.05) is 25.1 Å². The van der Waals surface area contributed by atoms with E-state index < -0.39 is 0 Å². The molecule has 0 saturated carbocycles. The van der Waals surface area contributed by atoms with E-state index in [0.717, 1.165) is 23.1 Å². The first kappa shape index (κ1) is 11.2. The summed E-state index contributed by atoms with van der Waals surface area (Å²) in [6.45, 7) is 3.14. The van der Waals surface area contributed by atoms with Crippen LogP contribution in [0.3, 0.4) is 0 Å². The van der Waals surface area contributed by atoms with Crippen molar-refractivity contribution in [1.29, 1.82) is 0 Å². The topological polar surface area (TPSA) is 37.8 Å². The van der Waals surface area contributed by atoms with Crippen molar-refractivity contribution in [2.45, 2.75) is 12.2 Å². The molecule has 1 heterocycles. The summed E-state index contributed by atoms with van der Waals surface area (Å²) in [5, 5.41) is 13.2. The molecule has 0 spiro atoms. The van der Waals surface area contributed by atoms with Crippen molar-refractivity contribution < 1.29 is 0 Å². The van der Waals surface area contributed by atoms with Gasteiger partial charge in [0.15, 0.2) is 0 Å². The molecule has 0 bridgehead atoms. The van der Waals surface area contributed by atoms with Gasteiger partial charge in [-0.3, -0.25) is 0 Å². The van der Waals surface area contributed by atoms with E-state index in [4.69, 9.17) is 0 Å². The molecule has 1 N–H and O–H groups in total. The fourth-order valence-electron chi connectivity index (χ4n) is 1.48. The van der Waals surface area contributed by atoms with Crippen LogP contribution >= 0.6 is 11.8 Å². The molecule has 0 aliphatic rings. The minimum atomic E-state index is 0.590. The summed E-state index contributed by atoms with van der Waals surface area (Å²) in [4.78, 5) is 0. The molecule has 3 nitrogen and oxygen atoms in total. The highest BCUT2D eigenvalue weighted by Crippen LogP contribution is 2.20. The number of aromatic nitrogens is 2. The third-order valence-corrected chi connectivity index (χ3v) is 3.50. The molecule has 1 atom stereocenters. The number of benzene rings is 1. The van der Waals surface area contributed by atoms with E-state index in [9.17, 15) is 0 Å². The number of thioether (sulfide) groups is 1. The summed E-state index contributed by atoms with van der Waals surface area (Å²) in [6.07, 6.45) is 3.91. The van der Waals surface area contributed by atoms with Gasteiger partial charge in [-0.2, -0.15) is 22.0 Å². The predicted molar refractivity (Wildman–Crippen MR) is 71.0 cm³/mol. The Morgan fingerprint density at radius 2 is 2.19 bits per heavy atom.